The number of benzene rings is 1. The van der Waals surface area contributed by atoms with E-state index in [4.69, 9.17) is 5.26 Å². The first kappa shape index (κ1) is 7.33. The molecule has 1 N–H and O–H groups in total. The van der Waals surface area contributed by atoms with Crippen LogP contribution in [0.5, 0.6) is 0 Å². The predicted octanol–water partition coefficient (Wildman–Crippen LogP) is 1.72. The van der Waals surface area contributed by atoms with Gasteiger partial charge in [0.2, 0.25) is 0 Å². The Morgan fingerprint density at radius 3 is 3.17 bits per heavy atom. The Labute approximate surface area is 71.8 Å². The normalized spacial score (nSPS) is 20.2. The van der Waals surface area contributed by atoms with Crippen LogP contribution in [0.2, 0.25) is 0 Å². The minimum Gasteiger partial charge on any atom is -0.306 e. The van der Waals surface area contributed by atoms with E-state index in [2.05, 4.69) is 24.4 Å². The molecule has 0 radical (unpaired) electrons. The van der Waals surface area contributed by atoms with Crippen molar-refractivity contribution >= 4 is 0 Å². The smallest absolute Gasteiger partial charge is 0.0995 e. The Balaban J connectivity index is 2.62. The van der Waals surface area contributed by atoms with E-state index >= 15 is 0 Å². The van der Waals surface area contributed by atoms with Crippen LogP contribution >= 0.6 is 0 Å². The molecule has 1 atom stereocenters. The van der Waals surface area contributed by atoms with E-state index in [-0.39, 0.29) is 0 Å². The van der Waals surface area contributed by atoms with Gasteiger partial charge in [0.25, 0.3) is 0 Å². The summed E-state index contributed by atoms with van der Waals surface area (Å²) in [4.78, 5) is 0. The number of hydrogen-bond acceptors (Lipinski definition) is 2. The molecule has 1 aliphatic heterocycles. The number of nitriles is 1. The van der Waals surface area contributed by atoms with E-state index in [1.807, 2.05) is 12.1 Å². The van der Waals surface area contributed by atoms with Gasteiger partial charge in [0.15, 0.2) is 0 Å². The molecule has 0 amide bonds. The molecule has 1 heterocycles. The van der Waals surface area contributed by atoms with Crippen molar-refractivity contribution < 1.29 is 0 Å². The minimum atomic E-state index is 0.329. The molecule has 1 aromatic rings. The largest absolute Gasteiger partial charge is 0.306 e. The summed E-state index contributed by atoms with van der Waals surface area (Å²) in [5.41, 5.74) is 3.26. The fraction of sp³-hybridized carbons (Fsp3) is 0.300. The molecule has 1 aromatic carbocycles. The fourth-order valence-corrected chi connectivity index (χ4v) is 1.74. The van der Waals surface area contributed by atoms with Crippen molar-refractivity contribution in [2.75, 3.05) is 0 Å². The molecule has 1 unspecified atom stereocenters. The molecule has 0 saturated heterocycles. The van der Waals surface area contributed by atoms with Crippen LogP contribution in [-0.2, 0) is 6.54 Å². The highest BCUT2D eigenvalue weighted by molar-refractivity contribution is 5.46. The zero-order chi connectivity index (χ0) is 8.55. The number of nitrogens with zero attached hydrogens (tertiary/aromatic N) is 1. The highest BCUT2D eigenvalue weighted by Crippen LogP contribution is 2.27. The molecule has 2 nitrogen and oxygen atoms in total. The number of rotatable bonds is 0. The van der Waals surface area contributed by atoms with E-state index in [0.29, 0.717) is 6.04 Å². The maximum atomic E-state index is 8.84. The van der Waals surface area contributed by atoms with Crippen molar-refractivity contribution in [3.8, 4) is 6.07 Å². The van der Waals surface area contributed by atoms with Crippen molar-refractivity contribution in [2.24, 2.45) is 0 Å². The summed E-state index contributed by atoms with van der Waals surface area (Å²) in [7, 11) is 0. The second-order valence-corrected chi connectivity index (χ2v) is 3.09. The number of fused-ring (bicyclic) bond motifs is 1. The molecule has 0 saturated carbocycles. The molecular formula is C10H10N2. The number of nitrogens with one attached hydrogen (secondary N) is 1. The van der Waals surface area contributed by atoms with Crippen LogP contribution in [0.1, 0.15) is 29.7 Å². The van der Waals surface area contributed by atoms with Gasteiger partial charge in [0, 0.05) is 12.6 Å². The van der Waals surface area contributed by atoms with Crippen molar-refractivity contribution in [1.29, 1.82) is 5.26 Å². The molecule has 0 aliphatic carbocycles. The van der Waals surface area contributed by atoms with Crippen LogP contribution in [0.4, 0.5) is 0 Å². The first-order valence-corrected chi connectivity index (χ1v) is 4.08. The van der Waals surface area contributed by atoms with Gasteiger partial charge in [-0.15, -0.1) is 0 Å². The second-order valence-electron chi connectivity index (χ2n) is 3.09. The van der Waals surface area contributed by atoms with Gasteiger partial charge >= 0.3 is 0 Å². The van der Waals surface area contributed by atoms with Gasteiger partial charge in [-0.1, -0.05) is 12.1 Å². The second kappa shape index (κ2) is 2.62. The average molecular weight is 158 g/mol. The Bertz CT molecular complexity index is 349. The van der Waals surface area contributed by atoms with E-state index in [0.717, 1.165) is 12.1 Å². The molecule has 2 heteroatoms. The maximum Gasteiger partial charge on any atom is 0.0995 e. The summed E-state index contributed by atoms with van der Waals surface area (Å²) < 4.78 is 0. The average Bonchev–Trinajstić information content (AvgIpc) is 2.48. The van der Waals surface area contributed by atoms with Crippen molar-refractivity contribution in [2.45, 2.75) is 19.5 Å². The van der Waals surface area contributed by atoms with Gasteiger partial charge in [-0.25, -0.2) is 0 Å². The van der Waals surface area contributed by atoms with Crippen molar-refractivity contribution in [3.05, 3.63) is 34.9 Å². The van der Waals surface area contributed by atoms with Gasteiger partial charge < -0.3 is 5.32 Å². The van der Waals surface area contributed by atoms with E-state index in [1.165, 1.54) is 11.1 Å². The van der Waals surface area contributed by atoms with Crippen molar-refractivity contribution in [3.63, 3.8) is 0 Å². The van der Waals surface area contributed by atoms with E-state index < -0.39 is 0 Å². The maximum absolute atomic E-state index is 8.84. The van der Waals surface area contributed by atoms with E-state index in [1.54, 1.807) is 0 Å². The lowest BCUT2D eigenvalue weighted by Crippen LogP contribution is -2.07. The van der Waals surface area contributed by atoms with Crippen LogP contribution in [0.15, 0.2) is 18.2 Å². The monoisotopic (exact) mass is 158 g/mol. The zero-order valence-electron chi connectivity index (χ0n) is 6.96. The molecular weight excluding hydrogens is 148 g/mol. The molecule has 0 spiro atoms. The SMILES string of the molecule is CC1NCc2cccc(C#N)c21. The molecule has 0 bridgehead atoms. The number of hydrogen-bond donors (Lipinski definition) is 1. The summed E-state index contributed by atoms with van der Waals surface area (Å²) in [5.74, 6) is 0. The molecule has 1 aliphatic rings. The van der Waals surface area contributed by atoms with Crippen LogP contribution in [-0.4, -0.2) is 0 Å². The Morgan fingerprint density at radius 1 is 1.58 bits per heavy atom. The lowest BCUT2D eigenvalue weighted by atomic mass is 10.0. The highest BCUT2D eigenvalue weighted by Gasteiger charge is 2.20. The Morgan fingerprint density at radius 2 is 2.42 bits per heavy atom. The Hall–Kier alpha value is -1.33. The van der Waals surface area contributed by atoms with Crippen LogP contribution in [0.25, 0.3) is 0 Å². The van der Waals surface area contributed by atoms with E-state index in [9.17, 15) is 0 Å². The lowest BCUT2D eigenvalue weighted by molar-refractivity contribution is 0.633. The van der Waals surface area contributed by atoms with Gasteiger partial charge in [-0.2, -0.15) is 5.26 Å². The first-order chi connectivity index (χ1) is 5.83. The first-order valence-electron chi connectivity index (χ1n) is 4.08. The molecule has 2 rings (SSSR count). The quantitative estimate of drug-likeness (QED) is 0.624. The highest BCUT2D eigenvalue weighted by atomic mass is 14.9. The van der Waals surface area contributed by atoms with Gasteiger partial charge in [0.05, 0.1) is 11.6 Å². The third kappa shape index (κ3) is 0.910. The predicted molar refractivity (Wildman–Crippen MR) is 46.4 cm³/mol. The van der Waals surface area contributed by atoms with Crippen LogP contribution < -0.4 is 5.32 Å². The van der Waals surface area contributed by atoms with Crippen molar-refractivity contribution in [1.82, 2.24) is 5.32 Å². The fourth-order valence-electron chi connectivity index (χ4n) is 1.74. The van der Waals surface area contributed by atoms with Crippen LogP contribution in [0, 0.1) is 11.3 Å². The van der Waals surface area contributed by atoms with Gasteiger partial charge in [-0.05, 0) is 24.1 Å². The molecule has 60 valence electrons. The molecule has 0 fully saturated rings. The summed E-state index contributed by atoms with van der Waals surface area (Å²) in [6, 6.07) is 8.44. The summed E-state index contributed by atoms with van der Waals surface area (Å²) in [6.45, 7) is 2.98. The zero-order valence-corrected chi connectivity index (χ0v) is 6.96. The lowest BCUT2D eigenvalue weighted by Gasteiger charge is -2.05. The summed E-state index contributed by atoms with van der Waals surface area (Å²) in [5, 5.41) is 12.2. The van der Waals surface area contributed by atoms with Gasteiger partial charge in [-0.3, -0.25) is 0 Å². The third-order valence-corrected chi connectivity index (χ3v) is 2.35. The summed E-state index contributed by atoms with van der Waals surface area (Å²) in [6.07, 6.45) is 0. The standard InChI is InChI=1S/C10H10N2/c1-7-10-8(5-11)3-2-4-9(10)6-12-7/h2-4,7,12H,6H2,1H3. The topological polar surface area (TPSA) is 35.8 Å². The Kier molecular flexibility index (Phi) is 1.60. The molecule has 0 aromatic heterocycles. The minimum absolute atomic E-state index is 0.329. The third-order valence-electron chi connectivity index (χ3n) is 2.35. The summed E-state index contributed by atoms with van der Waals surface area (Å²) >= 11 is 0. The van der Waals surface area contributed by atoms with Gasteiger partial charge in [0.1, 0.15) is 0 Å². The molecule has 12 heavy (non-hydrogen) atoms. The van der Waals surface area contributed by atoms with Crippen LogP contribution in [0.3, 0.4) is 0 Å².